The number of aromatic nitrogens is 1. The normalized spacial score (nSPS) is 19.3. The molecule has 21 heavy (non-hydrogen) atoms. The lowest BCUT2D eigenvalue weighted by atomic mass is 9.76. The standard InChI is InChI=1S/C17H28N2O2/c1-16(2,3)21-15-13(18)6-7-14(19-15)20-12-8-10-17(4,5)11-9-12/h6-7,12H,8-11,18H2,1-5H3. The molecule has 0 atom stereocenters. The number of rotatable bonds is 3. The summed E-state index contributed by atoms with van der Waals surface area (Å²) in [5, 5.41) is 0. The number of pyridine rings is 1. The van der Waals surface area contributed by atoms with Gasteiger partial charge < -0.3 is 15.2 Å². The van der Waals surface area contributed by atoms with E-state index in [9.17, 15) is 0 Å². The molecule has 118 valence electrons. The molecule has 1 aromatic rings. The van der Waals surface area contributed by atoms with Gasteiger partial charge in [-0.05, 0) is 57.9 Å². The Balaban J connectivity index is 2.03. The maximum Gasteiger partial charge on any atom is 0.241 e. The molecule has 0 saturated heterocycles. The molecule has 0 spiro atoms. The third kappa shape index (κ3) is 4.80. The van der Waals surface area contributed by atoms with Crippen LogP contribution in [0.2, 0.25) is 0 Å². The Bertz CT molecular complexity index is 482. The maximum atomic E-state index is 6.01. The second-order valence-corrected chi connectivity index (χ2v) is 7.74. The average Bonchev–Trinajstić information content (AvgIpc) is 2.34. The zero-order chi connectivity index (χ0) is 15.7. The molecular formula is C17H28N2O2. The van der Waals surface area contributed by atoms with Crippen molar-refractivity contribution in [3.8, 4) is 11.8 Å². The van der Waals surface area contributed by atoms with Crippen molar-refractivity contribution >= 4 is 5.69 Å². The highest BCUT2D eigenvalue weighted by Gasteiger charge is 2.28. The minimum Gasteiger partial charge on any atom is -0.474 e. The third-order valence-electron chi connectivity index (χ3n) is 3.84. The molecule has 1 heterocycles. The van der Waals surface area contributed by atoms with Crippen molar-refractivity contribution in [2.45, 2.75) is 72.0 Å². The average molecular weight is 292 g/mol. The van der Waals surface area contributed by atoms with Gasteiger partial charge in [-0.3, -0.25) is 0 Å². The lowest BCUT2D eigenvalue weighted by Gasteiger charge is -2.34. The van der Waals surface area contributed by atoms with Gasteiger partial charge in [0.25, 0.3) is 0 Å². The fourth-order valence-electron chi connectivity index (χ4n) is 2.53. The quantitative estimate of drug-likeness (QED) is 0.907. The van der Waals surface area contributed by atoms with Gasteiger partial charge in [0, 0.05) is 6.07 Å². The molecule has 0 radical (unpaired) electrons. The fraction of sp³-hybridized carbons (Fsp3) is 0.706. The number of nitrogen functional groups attached to an aromatic ring is 1. The van der Waals surface area contributed by atoms with E-state index in [4.69, 9.17) is 15.2 Å². The Hall–Kier alpha value is -1.45. The molecule has 1 aliphatic rings. The van der Waals surface area contributed by atoms with Gasteiger partial charge in [-0.25, -0.2) is 0 Å². The molecule has 0 bridgehead atoms. The Labute approximate surface area is 128 Å². The van der Waals surface area contributed by atoms with E-state index < -0.39 is 0 Å². The maximum absolute atomic E-state index is 6.01. The number of hydrogen-bond donors (Lipinski definition) is 1. The Kier molecular flexibility index (Phi) is 4.35. The number of anilines is 1. The first-order valence-electron chi connectivity index (χ1n) is 7.77. The van der Waals surface area contributed by atoms with E-state index in [1.54, 1.807) is 6.07 Å². The Morgan fingerprint density at radius 2 is 1.81 bits per heavy atom. The van der Waals surface area contributed by atoms with Crippen LogP contribution < -0.4 is 15.2 Å². The molecule has 4 nitrogen and oxygen atoms in total. The second-order valence-electron chi connectivity index (χ2n) is 7.74. The van der Waals surface area contributed by atoms with Crippen LogP contribution in [-0.4, -0.2) is 16.7 Å². The first kappa shape index (κ1) is 15.9. The van der Waals surface area contributed by atoms with Crippen LogP contribution in [-0.2, 0) is 0 Å². The first-order chi connectivity index (χ1) is 9.65. The van der Waals surface area contributed by atoms with Crippen molar-refractivity contribution in [2.24, 2.45) is 5.41 Å². The Morgan fingerprint density at radius 3 is 2.38 bits per heavy atom. The molecule has 1 saturated carbocycles. The van der Waals surface area contributed by atoms with Crippen LogP contribution >= 0.6 is 0 Å². The minimum absolute atomic E-state index is 0.247. The van der Waals surface area contributed by atoms with Gasteiger partial charge in [0.1, 0.15) is 11.7 Å². The van der Waals surface area contributed by atoms with E-state index in [0.717, 1.165) is 12.8 Å². The molecule has 1 aliphatic carbocycles. The lowest BCUT2D eigenvalue weighted by Crippen LogP contribution is -2.29. The van der Waals surface area contributed by atoms with Crippen molar-refractivity contribution < 1.29 is 9.47 Å². The molecule has 0 amide bonds. The summed E-state index contributed by atoms with van der Waals surface area (Å²) in [6.45, 7) is 10.6. The van der Waals surface area contributed by atoms with E-state index >= 15 is 0 Å². The fourth-order valence-corrected chi connectivity index (χ4v) is 2.53. The first-order valence-corrected chi connectivity index (χ1v) is 7.77. The predicted octanol–water partition coefficient (Wildman–Crippen LogP) is 4.19. The van der Waals surface area contributed by atoms with Crippen LogP contribution in [0.3, 0.4) is 0 Å². The van der Waals surface area contributed by atoms with Crippen molar-refractivity contribution in [1.82, 2.24) is 4.98 Å². The minimum atomic E-state index is -0.325. The lowest BCUT2D eigenvalue weighted by molar-refractivity contribution is 0.0906. The topological polar surface area (TPSA) is 57.4 Å². The van der Waals surface area contributed by atoms with E-state index in [-0.39, 0.29) is 11.7 Å². The van der Waals surface area contributed by atoms with Gasteiger partial charge >= 0.3 is 0 Å². The van der Waals surface area contributed by atoms with Gasteiger partial charge in [0.15, 0.2) is 0 Å². The molecule has 0 aromatic carbocycles. The summed E-state index contributed by atoms with van der Waals surface area (Å²) in [6.07, 6.45) is 4.79. The number of nitrogens with two attached hydrogens (primary N) is 1. The SMILES string of the molecule is CC1(C)CCC(Oc2ccc(N)c(OC(C)(C)C)n2)CC1. The molecule has 1 fully saturated rings. The summed E-state index contributed by atoms with van der Waals surface area (Å²) in [7, 11) is 0. The Morgan fingerprint density at radius 1 is 1.19 bits per heavy atom. The van der Waals surface area contributed by atoms with Gasteiger partial charge in [-0.2, -0.15) is 4.98 Å². The highest BCUT2D eigenvalue weighted by molar-refractivity contribution is 5.49. The summed E-state index contributed by atoms with van der Waals surface area (Å²) in [5.74, 6) is 1.06. The van der Waals surface area contributed by atoms with Gasteiger partial charge in [0.05, 0.1) is 5.69 Å². The molecule has 4 heteroatoms. The van der Waals surface area contributed by atoms with E-state index in [1.807, 2.05) is 26.8 Å². The molecule has 0 aliphatic heterocycles. The number of hydrogen-bond acceptors (Lipinski definition) is 4. The van der Waals surface area contributed by atoms with Crippen LogP contribution in [0.4, 0.5) is 5.69 Å². The van der Waals surface area contributed by atoms with Crippen LogP contribution in [0.5, 0.6) is 11.8 Å². The zero-order valence-corrected chi connectivity index (χ0v) is 13.9. The molecule has 1 aromatic heterocycles. The highest BCUT2D eigenvalue weighted by atomic mass is 16.5. The summed E-state index contributed by atoms with van der Waals surface area (Å²) in [4.78, 5) is 4.42. The van der Waals surface area contributed by atoms with Crippen molar-refractivity contribution in [2.75, 3.05) is 5.73 Å². The molecule has 0 unspecified atom stereocenters. The van der Waals surface area contributed by atoms with Gasteiger partial charge in [-0.15, -0.1) is 0 Å². The van der Waals surface area contributed by atoms with E-state index in [2.05, 4.69) is 18.8 Å². The summed E-state index contributed by atoms with van der Waals surface area (Å²) in [6, 6.07) is 3.63. The largest absolute Gasteiger partial charge is 0.474 e. The zero-order valence-electron chi connectivity index (χ0n) is 13.9. The number of nitrogens with zero attached hydrogens (tertiary/aromatic N) is 1. The van der Waals surface area contributed by atoms with Gasteiger partial charge in [0.2, 0.25) is 11.8 Å². The summed E-state index contributed by atoms with van der Waals surface area (Å²) >= 11 is 0. The van der Waals surface area contributed by atoms with Crippen LogP contribution in [0.25, 0.3) is 0 Å². The molecular weight excluding hydrogens is 264 g/mol. The second kappa shape index (κ2) is 5.74. The highest BCUT2D eigenvalue weighted by Crippen LogP contribution is 2.36. The van der Waals surface area contributed by atoms with E-state index in [1.165, 1.54) is 12.8 Å². The van der Waals surface area contributed by atoms with Crippen LogP contribution in [0.15, 0.2) is 12.1 Å². The van der Waals surface area contributed by atoms with Crippen molar-refractivity contribution in [3.63, 3.8) is 0 Å². The van der Waals surface area contributed by atoms with Crippen molar-refractivity contribution in [3.05, 3.63) is 12.1 Å². The summed E-state index contributed by atoms with van der Waals surface area (Å²) < 4.78 is 11.8. The third-order valence-corrected chi connectivity index (χ3v) is 3.84. The van der Waals surface area contributed by atoms with E-state index in [0.29, 0.717) is 22.9 Å². The summed E-state index contributed by atoms with van der Waals surface area (Å²) in [5.41, 5.74) is 6.58. The molecule has 2 N–H and O–H groups in total. The number of ether oxygens (including phenoxy) is 2. The smallest absolute Gasteiger partial charge is 0.241 e. The van der Waals surface area contributed by atoms with Gasteiger partial charge in [-0.1, -0.05) is 13.8 Å². The van der Waals surface area contributed by atoms with Crippen molar-refractivity contribution in [1.29, 1.82) is 0 Å². The molecule has 2 rings (SSSR count). The van der Waals surface area contributed by atoms with Crippen LogP contribution in [0.1, 0.15) is 60.3 Å². The monoisotopic (exact) mass is 292 g/mol. The van der Waals surface area contributed by atoms with Crippen LogP contribution in [0, 0.1) is 5.41 Å². The predicted molar refractivity (Wildman–Crippen MR) is 85.7 cm³/mol.